The molecule has 40 heavy (non-hydrogen) atoms. The molecule has 0 saturated carbocycles. The Labute approximate surface area is 240 Å². The van der Waals surface area contributed by atoms with Gasteiger partial charge in [0.1, 0.15) is 11.8 Å². The molecule has 2 N–H and O–H groups in total. The summed E-state index contributed by atoms with van der Waals surface area (Å²) in [6.45, 7) is 1.95. The lowest BCUT2D eigenvalue weighted by Crippen LogP contribution is -2.49. The van der Waals surface area contributed by atoms with Crippen molar-refractivity contribution in [2.75, 3.05) is 23.9 Å². The van der Waals surface area contributed by atoms with E-state index in [1.807, 2.05) is 0 Å². The first-order valence-electron chi connectivity index (χ1n) is 12.2. The number of benzene rings is 3. The van der Waals surface area contributed by atoms with Gasteiger partial charge >= 0.3 is 5.97 Å². The highest BCUT2D eigenvalue weighted by atomic mass is 35.5. The number of amides is 3. The van der Waals surface area contributed by atoms with Gasteiger partial charge in [0.15, 0.2) is 0 Å². The summed E-state index contributed by atoms with van der Waals surface area (Å²) in [7, 11) is 1.48. The van der Waals surface area contributed by atoms with Crippen LogP contribution in [0.3, 0.4) is 0 Å². The first-order chi connectivity index (χ1) is 19.2. The predicted molar refractivity (Wildman–Crippen MR) is 153 cm³/mol. The number of esters is 1. The summed E-state index contributed by atoms with van der Waals surface area (Å²) >= 11 is 11.6. The molecule has 1 atom stereocenters. The fourth-order valence-corrected chi connectivity index (χ4v) is 4.45. The van der Waals surface area contributed by atoms with Gasteiger partial charge in [-0.1, -0.05) is 17.7 Å². The fraction of sp³-hybridized carbons (Fsp3) is 0.179. The molecule has 0 bridgehead atoms. The molecule has 206 valence electrons. The normalized spacial score (nSPS) is 14.6. The molecule has 0 aromatic heterocycles. The van der Waals surface area contributed by atoms with Gasteiger partial charge in [-0.25, -0.2) is 9.80 Å². The number of carbonyl (C=O) groups excluding carboxylic acids is 4. The van der Waals surface area contributed by atoms with E-state index in [1.165, 1.54) is 35.2 Å². The minimum Gasteiger partial charge on any atom is -0.497 e. The third kappa shape index (κ3) is 6.38. The topological polar surface area (TPSA) is 117 Å². The lowest BCUT2D eigenvalue weighted by Gasteiger charge is -2.24. The number of nitrogens with one attached hydrogen (secondary N) is 2. The number of rotatable bonds is 9. The Bertz CT molecular complexity index is 1450. The van der Waals surface area contributed by atoms with Crippen molar-refractivity contribution in [2.45, 2.75) is 19.4 Å². The van der Waals surface area contributed by atoms with Crippen molar-refractivity contribution in [3.8, 4) is 5.75 Å². The molecule has 10 nitrogen and oxygen atoms in total. The molecule has 3 amide bonds. The third-order valence-corrected chi connectivity index (χ3v) is 6.54. The number of hydrazine groups is 1. The van der Waals surface area contributed by atoms with Crippen LogP contribution < -0.4 is 20.4 Å². The molecule has 4 rings (SSSR count). The van der Waals surface area contributed by atoms with Crippen molar-refractivity contribution in [3.05, 3.63) is 88.9 Å². The highest BCUT2D eigenvalue weighted by Gasteiger charge is 2.45. The second-order valence-electron chi connectivity index (χ2n) is 8.54. The second-order valence-corrected chi connectivity index (χ2v) is 9.34. The molecule has 1 saturated heterocycles. The van der Waals surface area contributed by atoms with Crippen LogP contribution in [0.4, 0.5) is 11.4 Å². The number of thiocarbonyl (C=S) groups is 1. The van der Waals surface area contributed by atoms with E-state index in [0.29, 0.717) is 27.7 Å². The van der Waals surface area contributed by atoms with E-state index in [0.717, 1.165) is 0 Å². The summed E-state index contributed by atoms with van der Waals surface area (Å²) in [4.78, 5) is 52.8. The monoisotopic (exact) mass is 580 g/mol. The predicted octanol–water partition coefficient (Wildman–Crippen LogP) is 4.20. The summed E-state index contributed by atoms with van der Waals surface area (Å²) in [5, 5.41) is 4.37. The molecule has 1 aliphatic heterocycles. The number of hydrogen-bond donors (Lipinski definition) is 2. The van der Waals surface area contributed by atoms with Crippen LogP contribution in [0.15, 0.2) is 72.8 Å². The summed E-state index contributed by atoms with van der Waals surface area (Å²) in [6.07, 6.45) is -0.332. The standard InChI is InChI=1S/C28H25ClN4O6S/c1-3-39-27(37)17-7-11-20(12-8-17)30-24(34)16-23-26(36)32(21-13-9-19(29)10-14-21)28(40)33(23)31-25(35)18-5-4-6-22(15-18)38-2/h4-15,23H,3,16H2,1-2H3,(H,30,34)(H,31,35)/t23-/m1/s1. The van der Waals surface area contributed by atoms with Crippen molar-refractivity contribution in [2.24, 2.45) is 0 Å². The zero-order valence-corrected chi connectivity index (χ0v) is 23.1. The van der Waals surface area contributed by atoms with Crippen LogP contribution in [0, 0.1) is 0 Å². The van der Waals surface area contributed by atoms with Gasteiger partial charge in [0.05, 0.1) is 31.4 Å². The summed E-state index contributed by atoms with van der Waals surface area (Å²) in [5.41, 5.74) is 4.11. The van der Waals surface area contributed by atoms with Crippen molar-refractivity contribution in [3.63, 3.8) is 0 Å². The number of hydrogen-bond acceptors (Lipinski definition) is 7. The molecule has 1 heterocycles. The van der Waals surface area contributed by atoms with Crippen LogP contribution in [-0.2, 0) is 14.3 Å². The van der Waals surface area contributed by atoms with E-state index in [2.05, 4.69) is 10.7 Å². The van der Waals surface area contributed by atoms with Crippen LogP contribution in [-0.4, -0.2) is 53.6 Å². The number of anilines is 2. The molecule has 3 aromatic carbocycles. The van der Waals surface area contributed by atoms with Gasteiger partial charge in [-0.15, -0.1) is 0 Å². The minimum atomic E-state index is -1.14. The molecule has 1 aliphatic rings. The smallest absolute Gasteiger partial charge is 0.338 e. The first-order valence-corrected chi connectivity index (χ1v) is 12.9. The van der Waals surface area contributed by atoms with E-state index in [-0.39, 0.29) is 23.7 Å². The summed E-state index contributed by atoms with van der Waals surface area (Å²) in [5.74, 6) is -1.57. The maximum Gasteiger partial charge on any atom is 0.338 e. The lowest BCUT2D eigenvalue weighted by molar-refractivity contribution is -0.124. The molecular weight excluding hydrogens is 556 g/mol. The molecular formula is C28H25ClN4O6S. The molecule has 0 unspecified atom stereocenters. The molecule has 0 aliphatic carbocycles. The fourth-order valence-electron chi connectivity index (χ4n) is 3.96. The number of methoxy groups -OCH3 is 1. The van der Waals surface area contributed by atoms with Gasteiger partial charge in [0.25, 0.3) is 11.8 Å². The van der Waals surface area contributed by atoms with Crippen molar-refractivity contribution in [1.82, 2.24) is 10.4 Å². The first kappa shape index (κ1) is 28.5. The zero-order chi connectivity index (χ0) is 28.8. The highest BCUT2D eigenvalue weighted by molar-refractivity contribution is 7.80. The zero-order valence-electron chi connectivity index (χ0n) is 21.5. The van der Waals surface area contributed by atoms with Crippen molar-refractivity contribution < 1.29 is 28.7 Å². The SMILES string of the molecule is CCOC(=O)c1ccc(NC(=O)C[C@@H]2C(=O)N(c3ccc(Cl)cc3)C(=S)N2NC(=O)c2cccc(OC)c2)cc1. The molecule has 0 radical (unpaired) electrons. The Hall–Kier alpha value is -4.48. The quantitative estimate of drug-likeness (QED) is 0.286. The Morgan fingerprint density at radius 2 is 1.70 bits per heavy atom. The van der Waals surface area contributed by atoms with Gasteiger partial charge in [-0.2, -0.15) is 0 Å². The Morgan fingerprint density at radius 1 is 1.00 bits per heavy atom. The average molecular weight is 581 g/mol. The van der Waals surface area contributed by atoms with Gasteiger partial charge in [0, 0.05) is 16.3 Å². The van der Waals surface area contributed by atoms with Crippen LogP contribution >= 0.6 is 23.8 Å². The van der Waals surface area contributed by atoms with Crippen molar-refractivity contribution in [1.29, 1.82) is 0 Å². The molecule has 3 aromatic rings. The van der Waals surface area contributed by atoms with E-state index in [9.17, 15) is 19.2 Å². The highest BCUT2D eigenvalue weighted by Crippen LogP contribution is 2.28. The van der Waals surface area contributed by atoms with Crippen LogP contribution in [0.2, 0.25) is 5.02 Å². The van der Waals surface area contributed by atoms with Gasteiger partial charge in [-0.05, 0) is 85.9 Å². The lowest BCUT2D eigenvalue weighted by atomic mass is 10.1. The number of ether oxygens (including phenoxy) is 2. The number of carbonyl (C=O) groups is 4. The largest absolute Gasteiger partial charge is 0.497 e. The van der Waals surface area contributed by atoms with Crippen LogP contribution in [0.25, 0.3) is 0 Å². The molecule has 0 spiro atoms. The molecule has 1 fully saturated rings. The number of halogens is 1. The minimum absolute atomic E-state index is 0.0137. The second kappa shape index (κ2) is 12.6. The summed E-state index contributed by atoms with van der Waals surface area (Å²) in [6, 6.07) is 17.9. The van der Waals surface area contributed by atoms with E-state index in [1.54, 1.807) is 61.5 Å². The number of nitrogens with zero attached hydrogens (tertiary/aromatic N) is 2. The van der Waals surface area contributed by atoms with Crippen LogP contribution in [0.1, 0.15) is 34.1 Å². The van der Waals surface area contributed by atoms with Crippen molar-refractivity contribution >= 4 is 64.0 Å². The van der Waals surface area contributed by atoms with Gasteiger partial charge < -0.3 is 14.8 Å². The van der Waals surface area contributed by atoms with E-state index < -0.39 is 29.7 Å². The van der Waals surface area contributed by atoms with Crippen LogP contribution in [0.5, 0.6) is 5.75 Å². The average Bonchev–Trinajstić information content (AvgIpc) is 3.17. The van der Waals surface area contributed by atoms with E-state index in [4.69, 9.17) is 33.3 Å². The Kier molecular flexibility index (Phi) is 8.97. The van der Waals surface area contributed by atoms with E-state index >= 15 is 0 Å². The van der Waals surface area contributed by atoms with Gasteiger partial charge in [-0.3, -0.25) is 24.7 Å². The maximum absolute atomic E-state index is 13.6. The summed E-state index contributed by atoms with van der Waals surface area (Å²) < 4.78 is 10.2. The third-order valence-electron chi connectivity index (χ3n) is 5.91. The maximum atomic E-state index is 13.6. The van der Waals surface area contributed by atoms with Gasteiger partial charge in [0.2, 0.25) is 11.0 Å². The molecule has 12 heteroatoms. The Balaban J connectivity index is 1.55. The Morgan fingerprint density at radius 3 is 2.35 bits per heavy atom.